The van der Waals surface area contributed by atoms with Gasteiger partial charge in [0.2, 0.25) is 0 Å². The summed E-state index contributed by atoms with van der Waals surface area (Å²) in [6.07, 6.45) is 8.24. The first-order chi connectivity index (χ1) is 7.36. The molecule has 0 amide bonds. The van der Waals surface area contributed by atoms with Crippen LogP contribution in [-0.4, -0.2) is 0 Å². The Labute approximate surface area is 140 Å². The van der Waals surface area contributed by atoms with Gasteiger partial charge in [-0.05, 0) is 0 Å². The number of hydrogen-bond donors (Lipinski definition) is 0. The first-order valence-electron chi connectivity index (χ1n) is 5.20. The molecule has 0 fully saturated rings. The number of benzene rings is 1. The maximum atomic E-state index is 3.05. The van der Waals surface area contributed by atoms with Gasteiger partial charge in [-0.1, -0.05) is 6.07 Å². The number of hydrogen-bond acceptors (Lipinski definition) is 0. The summed E-state index contributed by atoms with van der Waals surface area (Å²) >= 11 is 0. The van der Waals surface area contributed by atoms with E-state index in [0.29, 0.717) is 0 Å². The summed E-state index contributed by atoms with van der Waals surface area (Å²) in [7, 11) is 0. The van der Waals surface area contributed by atoms with Crippen molar-refractivity contribution in [2.75, 3.05) is 0 Å². The molecule has 1 aliphatic carbocycles. The third-order valence-electron chi connectivity index (χ3n) is 2.42. The fraction of sp³-hybridized carbons (Fsp3) is 0.133. The molecule has 0 heterocycles. The summed E-state index contributed by atoms with van der Waals surface area (Å²) in [5.41, 5.74) is 1.34. The van der Waals surface area contributed by atoms with E-state index in [0.717, 1.165) is 6.42 Å². The second kappa shape index (κ2) is 10.7. The molecule has 94 valence electrons. The van der Waals surface area contributed by atoms with Crippen LogP contribution >= 0.6 is 0 Å². The topological polar surface area (TPSA) is 0 Å². The van der Waals surface area contributed by atoms with Crippen LogP contribution in [-0.2, 0) is 26.2 Å². The molecule has 3 rings (SSSR count). The minimum atomic E-state index is 0. The summed E-state index contributed by atoms with van der Waals surface area (Å²) < 4.78 is 0. The van der Waals surface area contributed by atoms with E-state index in [-0.39, 0.29) is 51.0 Å². The summed E-state index contributed by atoms with van der Waals surface area (Å²) in [5, 5.41) is 2.66. The fourth-order valence-corrected chi connectivity index (χ4v) is 1.57. The Kier molecular flexibility index (Phi) is 11.9. The van der Waals surface area contributed by atoms with Crippen molar-refractivity contribution in [3.05, 3.63) is 66.3 Å². The predicted molar refractivity (Wildman–Crippen MR) is 65.7 cm³/mol. The largest absolute Gasteiger partial charge is 2.00 e. The Hall–Kier alpha value is -0.227. The van der Waals surface area contributed by atoms with Crippen molar-refractivity contribution in [2.24, 2.45) is 0 Å². The van der Waals surface area contributed by atoms with Crippen molar-refractivity contribution in [2.45, 2.75) is 13.3 Å². The molecular weight excluding hydrogens is 342 g/mol. The summed E-state index contributed by atoms with van der Waals surface area (Å²) in [4.78, 5) is 0. The van der Waals surface area contributed by atoms with Crippen LogP contribution in [0.15, 0.2) is 60.2 Å². The van der Waals surface area contributed by atoms with Crippen molar-refractivity contribution in [1.82, 2.24) is 0 Å². The van der Waals surface area contributed by atoms with Crippen molar-refractivity contribution in [3.63, 3.8) is 0 Å². The van der Waals surface area contributed by atoms with E-state index in [1.165, 1.54) is 16.3 Å². The molecule has 0 unspecified atom stereocenters. The number of fused-ring (bicyclic) bond motifs is 1. The Morgan fingerprint density at radius 1 is 1.11 bits per heavy atom. The molecule has 0 bridgehead atoms. The van der Waals surface area contributed by atoms with E-state index in [4.69, 9.17) is 0 Å². The Bertz CT molecular complexity index is 465. The molecule has 18 heavy (non-hydrogen) atoms. The normalized spacial score (nSPS) is 11.3. The van der Waals surface area contributed by atoms with Gasteiger partial charge in [-0.2, -0.15) is 23.6 Å². The van der Waals surface area contributed by atoms with Gasteiger partial charge in [-0.15, -0.1) is 43.0 Å². The van der Waals surface area contributed by atoms with Crippen molar-refractivity contribution in [3.8, 4) is 0 Å². The van der Waals surface area contributed by atoms with Crippen LogP contribution in [0.2, 0.25) is 0 Å². The molecule has 0 saturated carbocycles. The SMILES string of the molecule is CC1=CC[C-]=C1.[Cl-].[Cl-].[Zr+2].c1ccc2[cH-]ccc2c1. The van der Waals surface area contributed by atoms with Crippen LogP contribution in [0.1, 0.15) is 13.3 Å². The van der Waals surface area contributed by atoms with Crippen LogP contribution in [0.5, 0.6) is 0 Å². The zero-order chi connectivity index (χ0) is 10.5. The molecule has 3 heteroatoms. The van der Waals surface area contributed by atoms with Crippen LogP contribution in [0.25, 0.3) is 10.8 Å². The first-order valence-corrected chi connectivity index (χ1v) is 5.20. The zero-order valence-corrected chi connectivity index (χ0v) is 14.1. The number of halogens is 2. The van der Waals surface area contributed by atoms with Crippen LogP contribution in [0.4, 0.5) is 0 Å². The molecule has 0 N–H and O–H groups in total. The minimum absolute atomic E-state index is 0. The molecule has 0 atom stereocenters. The van der Waals surface area contributed by atoms with Crippen LogP contribution < -0.4 is 24.8 Å². The Morgan fingerprint density at radius 2 is 1.83 bits per heavy atom. The monoisotopic (exact) mass is 354 g/mol. The third kappa shape index (κ3) is 6.09. The zero-order valence-electron chi connectivity index (χ0n) is 10.2. The van der Waals surface area contributed by atoms with Gasteiger partial charge in [0.05, 0.1) is 0 Å². The second-order valence-corrected chi connectivity index (χ2v) is 3.66. The predicted octanol–water partition coefficient (Wildman–Crippen LogP) is -1.74. The fourth-order valence-electron chi connectivity index (χ4n) is 1.57. The van der Waals surface area contributed by atoms with E-state index < -0.39 is 0 Å². The third-order valence-corrected chi connectivity index (χ3v) is 2.42. The molecule has 0 saturated heterocycles. The van der Waals surface area contributed by atoms with E-state index in [9.17, 15) is 0 Å². The van der Waals surface area contributed by atoms with Crippen molar-refractivity contribution in [1.29, 1.82) is 0 Å². The van der Waals surface area contributed by atoms with Gasteiger partial charge < -0.3 is 24.8 Å². The summed E-state index contributed by atoms with van der Waals surface area (Å²) in [6.45, 7) is 2.08. The number of rotatable bonds is 0. The van der Waals surface area contributed by atoms with Crippen molar-refractivity contribution < 1.29 is 51.0 Å². The molecule has 2 aromatic rings. The average Bonchev–Trinajstić information content (AvgIpc) is 2.88. The molecule has 0 spiro atoms. The van der Waals surface area contributed by atoms with Gasteiger partial charge in [-0.3, -0.25) is 6.08 Å². The van der Waals surface area contributed by atoms with Gasteiger partial charge in [0, 0.05) is 0 Å². The molecule has 2 aromatic carbocycles. The second-order valence-electron chi connectivity index (χ2n) is 3.66. The maximum Gasteiger partial charge on any atom is 2.00 e. The average molecular weight is 356 g/mol. The first kappa shape index (κ1) is 20.1. The van der Waals surface area contributed by atoms with Crippen LogP contribution in [0.3, 0.4) is 0 Å². The van der Waals surface area contributed by atoms with Gasteiger partial charge >= 0.3 is 26.2 Å². The molecular formula is C15H14Cl2Zr-2. The van der Waals surface area contributed by atoms with Gasteiger partial charge in [-0.25, -0.2) is 11.6 Å². The maximum absolute atomic E-state index is 3.05. The quantitative estimate of drug-likeness (QED) is 0.492. The van der Waals surface area contributed by atoms with Crippen molar-refractivity contribution >= 4 is 10.8 Å². The Balaban J connectivity index is 0. The molecule has 0 aromatic heterocycles. The summed E-state index contributed by atoms with van der Waals surface area (Å²) in [6, 6.07) is 14.7. The van der Waals surface area contributed by atoms with Gasteiger partial charge in [0.25, 0.3) is 0 Å². The van der Waals surface area contributed by atoms with E-state index in [1.807, 2.05) is 6.08 Å². The van der Waals surface area contributed by atoms with Gasteiger partial charge in [0.1, 0.15) is 0 Å². The van der Waals surface area contributed by atoms with Gasteiger partial charge in [0.15, 0.2) is 0 Å². The molecule has 0 nitrogen and oxygen atoms in total. The van der Waals surface area contributed by atoms with Crippen LogP contribution in [0, 0.1) is 6.08 Å². The molecule has 0 aliphatic heterocycles. The molecule has 1 aliphatic rings. The number of allylic oxidation sites excluding steroid dienone is 4. The standard InChI is InChI=1S/C9H7.C6H7.2ClH.Zr/c1-2-5-9-7-3-6-8(9)4-1;1-6-4-2-3-5-6;;;/h1-7H;4-5H,2H2,1H3;2*1H;/q2*-1;;;+2/p-2. The van der Waals surface area contributed by atoms with E-state index >= 15 is 0 Å². The smallest absolute Gasteiger partial charge is 1.00 e. The van der Waals surface area contributed by atoms with E-state index in [1.54, 1.807) is 0 Å². The minimum Gasteiger partial charge on any atom is -1.00 e. The summed E-state index contributed by atoms with van der Waals surface area (Å²) in [5.74, 6) is 0. The Morgan fingerprint density at radius 3 is 2.33 bits per heavy atom. The van der Waals surface area contributed by atoms with E-state index in [2.05, 4.69) is 61.5 Å². The molecule has 0 radical (unpaired) electrons.